The zero-order chi connectivity index (χ0) is 12.7. The van der Waals surface area contributed by atoms with E-state index in [1.165, 1.54) is 12.1 Å². The van der Waals surface area contributed by atoms with Crippen LogP contribution in [0, 0.1) is 11.6 Å². The first kappa shape index (κ1) is 11.6. The van der Waals surface area contributed by atoms with Gasteiger partial charge in [-0.05, 0) is 42.1 Å². The highest BCUT2D eigenvalue weighted by Crippen LogP contribution is 2.39. The normalized spacial score (nSPS) is 15.1. The van der Waals surface area contributed by atoms with Gasteiger partial charge in [0.2, 0.25) is 5.28 Å². The first-order valence-corrected chi connectivity index (χ1v) is 6.05. The first-order chi connectivity index (χ1) is 8.65. The van der Waals surface area contributed by atoms with Gasteiger partial charge in [0, 0.05) is 5.92 Å². The average Bonchev–Trinajstić information content (AvgIpc) is 3.12. The Bertz CT molecular complexity index is 593. The molecule has 1 saturated carbocycles. The molecule has 0 spiro atoms. The van der Waals surface area contributed by atoms with E-state index in [2.05, 4.69) is 10.2 Å². The molecular weight excluding hydrogens is 260 g/mol. The van der Waals surface area contributed by atoms with Crippen molar-refractivity contribution < 1.29 is 8.78 Å². The SMILES string of the molecule is Fc1ccc(Cn2c(Cl)nnc2C2CC2)cc1F. The second-order valence-corrected chi connectivity index (χ2v) is 4.77. The van der Waals surface area contributed by atoms with E-state index in [0.717, 1.165) is 24.7 Å². The predicted molar refractivity (Wildman–Crippen MR) is 62.5 cm³/mol. The maximum atomic E-state index is 13.1. The van der Waals surface area contributed by atoms with Crippen molar-refractivity contribution in [3.63, 3.8) is 0 Å². The molecule has 18 heavy (non-hydrogen) atoms. The summed E-state index contributed by atoms with van der Waals surface area (Å²) in [6.45, 7) is 0.356. The molecule has 1 heterocycles. The number of nitrogens with zero attached hydrogens (tertiary/aromatic N) is 3. The van der Waals surface area contributed by atoms with Crippen LogP contribution in [-0.2, 0) is 6.54 Å². The quantitative estimate of drug-likeness (QED) is 0.857. The van der Waals surface area contributed by atoms with Crippen LogP contribution in [0.5, 0.6) is 0 Å². The van der Waals surface area contributed by atoms with Crippen molar-refractivity contribution in [2.45, 2.75) is 25.3 Å². The first-order valence-electron chi connectivity index (χ1n) is 5.67. The summed E-state index contributed by atoms with van der Waals surface area (Å²) < 4.78 is 27.7. The molecule has 6 heteroatoms. The minimum atomic E-state index is -0.857. The molecule has 0 aliphatic heterocycles. The van der Waals surface area contributed by atoms with E-state index in [-0.39, 0.29) is 5.28 Å². The minimum Gasteiger partial charge on any atom is -0.297 e. The van der Waals surface area contributed by atoms with Crippen molar-refractivity contribution in [1.82, 2.24) is 14.8 Å². The highest BCUT2D eigenvalue weighted by molar-refractivity contribution is 6.28. The van der Waals surface area contributed by atoms with Gasteiger partial charge in [-0.3, -0.25) is 4.57 Å². The monoisotopic (exact) mass is 269 g/mol. The maximum absolute atomic E-state index is 13.1. The summed E-state index contributed by atoms with van der Waals surface area (Å²) in [6.07, 6.45) is 2.15. The Morgan fingerprint density at radius 2 is 2.00 bits per heavy atom. The number of halogens is 3. The molecule has 2 aromatic rings. The molecule has 3 rings (SSSR count). The fourth-order valence-electron chi connectivity index (χ4n) is 1.91. The fourth-order valence-corrected chi connectivity index (χ4v) is 2.09. The van der Waals surface area contributed by atoms with Crippen LogP contribution in [0.3, 0.4) is 0 Å². The van der Waals surface area contributed by atoms with Crippen molar-refractivity contribution in [1.29, 1.82) is 0 Å². The summed E-state index contributed by atoms with van der Waals surface area (Å²) in [5.74, 6) is -0.485. The van der Waals surface area contributed by atoms with Gasteiger partial charge in [0.25, 0.3) is 0 Å². The van der Waals surface area contributed by atoms with E-state index in [0.29, 0.717) is 18.0 Å². The average molecular weight is 270 g/mol. The third-order valence-electron chi connectivity index (χ3n) is 3.00. The molecule has 0 atom stereocenters. The largest absolute Gasteiger partial charge is 0.297 e. The van der Waals surface area contributed by atoms with Gasteiger partial charge < -0.3 is 0 Å². The van der Waals surface area contributed by atoms with E-state index >= 15 is 0 Å². The zero-order valence-electron chi connectivity index (χ0n) is 9.41. The number of benzene rings is 1. The lowest BCUT2D eigenvalue weighted by Gasteiger charge is -2.07. The number of hydrogen-bond donors (Lipinski definition) is 0. The van der Waals surface area contributed by atoms with E-state index in [9.17, 15) is 8.78 Å². The zero-order valence-corrected chi connectivity index (χ0v) is 10.2. The molecule has 94 valence electrons. The van der Waals surface area contributed by atoms with Crippen molar-refractivity contribution in [2.75, 3.05) is 0 Å². The van der Waals surface area contributed by atoms with Gasteiger partial charge in [-0.25, -0.2) is 8.78 Å². The smallest absolute Gasteiger partial charge is 0.225 e. The lowest BCUT2D eigenvalue weighted by Crippen LogP contribution is -2.05. The summed E-state index contributed by atoms with van der Waals surface area (Å²) in [5.41, 5.74) is 0.637. The van der Waals surface area contributed by atoms with Crippen LogP contribution in [0.25, 0.3) is 0 Å². The Morgan fingerprint density at radius 3 is 2.67 bits per heavy atom. The second-order valence-electron chi connectivity index (χ2n) is 4.44. The van der Waals surface area contributed by atoms with Crippen LogP contribution < -0.4 is 0 Å². The lowest BCUT2D eigenvalue weighted by atomic mass is 10.2. The molecule has 0 radical (unpaired) electrons. The van der Waals surface area contributed by atoms with Crippen LogP contribution >= 0.6 is 11.6 Å². The topological polar surface area (TPSA) is 30.7 Å². The van der Waals surface area contributed by atoms with Crippen LogP contribution in [0.2, 0.25) is 5.28 Å². The highest BCUT2D eigenvalue weighted by atomic mass is 35.5. The van der Waals surface area contributed by atoms with E-state index < -0.39 is 11.6 Å². The van der Waals surface area contributed by atoms with Crippen LogP contribution in [0.4, 0.5) is 8.78 Å². The Labute approximate surface area is 107 Å². The van der Waals surface area contributed by atoms with Crippen LogP contribution in [-0.4, -0.2) is 14.8 Å². The van der Waals surface area contributed by atoms with E-state index in [1.54, 1.807) is 4.57 Å². The van der Waals surface area contributed by atoms with E-state index in [1.807, 2.05) is 0 Å². The Morgan fingerprint density at radius 1 is 1.22 bits per heavy atom. The summed E-state index contributed by atoms with van der Waals surface area (Å²) in [7, 11) is 0. The summed E-state index contributed by atoms with van der Waals surface area (Å²) in [4.78, 5) is 0. The number of aromatic nitrogens is 3. The van der Waals surface area contributed by atoms with Gasteiger partial charge in [-0.2, -0.15) is 0 Å². The molecule has 0 amide bonds. The van der Waals surface area contributed by atoms with Gasteiger partial charge in [-0.15, -0.1) is 10.2 Å². The lowest BCUT2D eigenvalue weighted by molar-refractivity contribution is 0.506. The van der Waals surface area contributed by atoms with E-state index in [4.69, 9.17) is 11.6 Å². The molecule has 1 aliphatic carbocycles. The van der Waals surface area contributed by atoms with Crippen LogP contribution in [0.15, 0.2) is 18.2 Å². The second kappa shape index (κ2) is 4.31. The van der Waals surface area contributed by atoms with Crippen molar-refractivity contribution >= 4 is 11.6 Å². The predicted octanol–water partition coefficient (Wildman–Crippen LogP) is 3.14. The number of hydrogen-bond acceptors (Lipinski definition) is 2. The molecule has 0 bridgehead atoms. The Balaban J connectivity index is 1.91. The van der Waals surface area contributed by atoms with Gasteiger partial charge in [-0.1, -0.05) is 6.07 Å². The third-order valence-corrected chi connectivity index (χ3v) is 3.28. The van der Waals surface area contributed by atoms with Gasteiger partial charge in [0.1, 0.15) is 5.82 Å². The Kier molecular flexibility index (Phi) is 2.78. The van der Waals surface area contributed by atoms with Crippen molar-refractivity contribution in [3.05, 3.63) is 46.5 Å². The Hall–Kier alpha value is -1.49. The minimum absolute atomic E-state index is 0.279. The van der Waals surface area contributed by atoms with Crippen molar-refractivity contribution in [2.24, 2.45) is 0 Å². The molecule has 0 N–H and O–H groups in total. The molecule has 0 saturated heterocycles. The molecule has 1 aromatic carbocycles. The number of rotatable bonds is 3. The van der Waals surface area contributed by atoms with Gasteiger partial charge in [0.05, 0.1) is 6.54 Å². The molecule has 1 aliphatic rings. The maximum Gasteiger partial charge on any atom is 0.225 e. The van der Waals surface area contributed by atoms with Crippen LogP contribution in [0.1, 0.15) is 30.1 Å². The molecule has 3 nitrogen and oxygen atoms in total. The van der Waals surface area contributed by atoms with Gasteiger partial charge >= 0.3 is 0 Å². The molecular formula is C12H10ClF2N3. The highest BCUT2D eigenvalue weighted by Gasteiger charge is 2.30. The van der Waals surface area contributed by atoms with Crippen molar-refractivity contribution in [3.8, 4) is 0 Å². The third kappa shape index (κ3) is 2.10. The summed E-state index contributed by atoms with van der Waals surface area (Å²) in [6, 6.07) is 3.81. The molecule has 1 aromatic heterocycles. The summed E-state index contributed by atoms with van der Waals surface area (Å²) in [5, 5.41) is 8.13. The fraction of sp³-hybridized carbons (Fsp3) is 0.333. The standard InChI is InChI=1S/C12H10ClF2N3/c13-12-17-16-11(8-2-3-8)18(12)6-7-1-4-9(14)10(15)5-7/h1,4-5,8H,2-3,6H2. The molecule has 0 unspecified atom stereocenters. The van der Waals surface area contributed by atoms with Gasteiger partial charge in [0.15, 0.2) is 11.6 Å². The molecule has 1 fully saturated rings. The summed E-state index contributed by atoms with van der Waals surface area (Å²) >= 11 is 5.96.